The molecular weight excluding hydrogens is 190 g/mol. The molecule has 3 heteroatoms. The summed E-state index contributed by atoms with van der Waals surface area (Å²) >= 11 is 0. The highest BCUT2D eigenvalue weighted by molar-refractivity contribution is 5.92. The number of rotatable bonds is 2. The molecule has 2 aliphatic rings. The van der Waals surface area contributed by atoms with Crippen molar-refractivity contribution < 1.29 is 9.90 Å². The van der Waals surface area contributed by atoms with E-state index in [-0.39, 0.29) is 17.9 Å². The molecule has 1 saturated carbocycles. The fourth-order valence-electron chi connectivity index (χ4n) is 2.62. The molecule has 0 amide bonds. The Morgan fingerprint density at radius 1 is 1.33 bits per heavy atom. The second kappa shape index (κ2) is 4.35. The quantitative estimate of drug-likeness (QED) is 0.748. The van der Waals surface area contributed by atoms with Gasteiger partial charge in [-0.05, 0) is 19.3 Å². The number of carbonyl (C=O) groups is 1. The minimum absolute atomic E-state index is 0.218. The van der Waals surface area contributed by atoms with Gasteiger partial charge in [-0.25, -0.2) is 0 Å². The van der Waals surface area contributed by atoms with Gasteiger partial charge in [-0.1, -0.05) is 12.8 Å². The van der Waals surface area contributed by atoms with E-state index < -0.39 is 0 Å². The number of hydrogen-bond donors (Lipinski definition) is 1. The highest BCUT2D eigenvalue weighted by Gasteiger charge is 2.29. The molecule has 3 nitrogen and oxygen atoms in total. The van der Waals surface area contributed by atoms with Crippen molar-refractivity contribution in [1.82, 2.24) is 4.90 Å². The summed E-state index contributed by atoms with van der Waals surface area (Å²) < 4.78 is 0. The molecule has 1 fully saturated rings. The summed E-state index contributed by atoms with van der Waals surface area (Å²) in [6.07, 6.45) is 7.26. The lowest BCUT2D eigenvalue weighted by molar-refractivity contribution is -0.114. The van der Waals surface area contributed by atoms with E-state index in [2.05, 4.69) is 4.90 Å². The molecule has 2 rings (SSSR count). The summed E-state index contributed by atoms with van der Waals surface area (Å²) in [5, 5.41) is 9.91. The van der Waals surface area contributed by atoms with Crippen LogP contribution in [0.15, 0.2) is 11.8 Å². The van der Waals surface area contributed by atoms with Gasteiger partial charge in [0.1, 0.15) is 0 Å². The van der Waals surface area contributed by atoms with Crippen LogP contribution in [-0.2, 0) is 4.79 Å². The number of aliphatic hydroxyl groups is 1. The standard InChI is InChI=1S/C12H19NO2/c1-13(9-6-7-10(14)8-9)11-4-2-3-5-12(11)15/h8,11-12,15H,2-7H2,1H3. The van der Waals surface area contributed by atoms with Crippen molar-refractivity contribution in [1.29, 1.82) is 0 Å². The smallest absolute Gasteiger partial charge is 0.157 e. The first-order chi connectivity index (χ1) is 7.18. The first kappa shape index (κ1) is 10.7. The van der Waals surface area contributed by atoms with E-state index in [1.54, 1.807) is 6.08 Å². The van der Waals surface area contributed by atoms with Crippen molar-refractivity contribution in [3.63, 3.8) is 0 Å². The van der Waals surface area contributed by atoms with Gasteiger partial charge >= 0.3 is 0 Å². The van der Waals surface area contributed by atoms with Gasteiger partial charge in [-0.15, -0.1) is 0 Å². The van der Waals surface area contributed by atoms with Crippen molar-refractivity contribution in [2.75, 3.05) is 7.05 Å². The van der Waals surface area contributed by atoms with Gasteiger partial charge in [0.2, 0.25) is 0 Å². The minimum Gasteiger partial charge on any atom is -0.391 e. The molecule has 0 aromatic rings. The number of aliphatic hydroxyl groups excluding tert-OH is 1. The summed E-state index contributed by atoms with van der Waals surface area (Å²) in [6.45, 7) is 0. The Bertz CT molecular complexity index is 285. The van der Waals surface area contributed by atoms with Crippen LogP contribution in [0.25, 0.3) is 0 Å². The normalized spacial score (nSPS) is 31.6. The molecule has 2 atom stereocenters. The zero-order valence-corrected chi connectivity index (χ0v) is 9.28. The first-order valence-electron chi connectivity index (χ1n) is 5.83. The number of ketones is 1. The second-order valence-corrected chi connectivity index (χ2v) is 4.63. The van der Waals surface area contributed by atoms with Crippen LogP contribution in [0, 0.1) is 0 Å². The van der Waals surface area contributed by atoms with Crippen molar-refractivity contribution in [3.8, 4) is 0 Å². The van der Waals surface area contributed by atoms with E-state index in [9.17, 15) is 9.90 Å². The van der Waals surface area contributed by atoms with Gasteiger partial charge in [0.25, 0.3) is 0 Å². The molecule has 1 N–H and O–H groups in total. The summed E-state index contributed by atoms with van der Waals surface area (Å²) in [4.78, 5) is 13.3. The summed E-state index contributed by atoms with van der Waals surface area (Å²) in [5.74, 6) is 0.224. The van der Waals surface area contributed by atoms with Crippen LogP contribution in [0.4, 0.5) is 0 Å². The van der Waals surface area contributed by atoms with Crippen molar-refractivity contribution in [2.24, 2.45) is 0 Å². The SMILES string of the molecule is CN(C1=CC(=O)CC1)C1CCCCC1O. The molecule has 2 aliphatic carbocycles. The summed E-state index contributed by atoms with van der Waals surface area (Å²) in [5.41, 5.74) is 1.10. The van der Waals surface area contributed by atoms with E-state index in [0.29, 0.717) is 6.42 Å². The number of nitrogens with zero attached hydrogens (tertiary/aromatic N) is 1. The zero-order chi connectivity index (χ0) is 10.8. The largest absolute Gasteiger partial charge is 0.391 e. The lowest BCUT2D eigenvalue weighted by Crippen LogP contribution is -2.42. The second-order valence-electron chi connectivity index (χ2n) is 4.63. The highest BCUT2D eigenvalue weighted by Crippen LogP contribution is 2.28. The molecule has 0 bridgehead atoms. The Morgan fingerprint density at radius 3 is 2.67 bits per heavy atom. The molecule has 0 aliphatic heterocycles. The maximum atomic E-state index is 11.2. The Kier molecular flexibility index (Phi) is 3.10. The fraction of sp³-hybridized carbons (Fsp3) is 0.750. The molecule has 84 valence electrons. The fourth-order valence-corrected chi connectivity index (χ4v) is 2.62. The van der Waals surface area contributed by atoms with Crippen LogP contribution in [0.5, 0.6) is 0 Å². The van der Waals surface area contributed by atoms with E-state index in [0.717, 1.165) is 31.4 Å². The van der Waals surface area contributed by atoms with Crippen molar-refractivity contribution in [3.05, 3.63) is 11.8 Å². The topological polar surface area (TPSA) is 40.5 Å². The van der Waals surface area contributed by atoms with Gasteiger partial charge in [0, 0.05) is 25.2 Å². The number of carbonyl (C=O) groups excluding carboxylic acids is 1. The first-order valence-corrected chi connectivity index (χ1v) is 5.83. The van der Waals surface area contributed by atoms with Crippen LogP contribution in [0.1, 0.15) is 38.5 Å². The third-order valence-electron chi connectivity index (χ3n) is 3.60. The van der Waals surface area contributed by atoms with Gasteiger partial charge in [0.15, 0.2) is 5.78 Å². The summed E-state index contributed by atoms with van der Waals surface area (Å²) in [7, 11) is 2.00. The third kappa shape index (κ3) is 2.23. The zero-order valence-electron chi connectivity index (χ0n) is 9.28. The van der Waals surface area contributed by atoms with Gasteiger partial charge < -0.3 is 10.0 Å². The van der Waals surface area contributed by atoms with Crippen LogP contribution in [0.2, 0.25) is 0 Å². The number of allylic oxidation sites excluding steroid dienone is 2. The predicted octanol–water partition coefficient (Wildman–Crippen LogP) is 1.47. The van der Waals surface area contributed by atoms with Crippen molar-refractivity contribution in [2.45, 2.75) is 50.7 Å². The Morgan fingerprint density at radius 2 is 2.07 bits per heavy atom. The van der Waals surface area contributed by atoms with Gasteiger partial charge in [-0.3, -0.25) is 4.79 Å². The lowest BCUT2D eigenvalue weighted by atomic mass is 9.91. The average molecular weight is 209 g/mol. The van der Waals surface area contributed by atoms with Crippen LogP contribution >= 0.6 is 0 Å². The maximum Gasteiger partial charge on any atom is 0.157 e. The molecule has 2 unspecified atom stereocenters. The molecule has 0 aromatic carbocycles. The van der Waals surface area contributed by atoms with Crippen molar-refractivity contribution >= 4 is 5.78 Å². The van der Waals surface area contributed by atoms with E-state index in [1.807, 2.05) is 7.05 Å². The lowest BCUT2D eigenvalue weighted by Gasteiger charge is -2.37. The molecule has 0 heterocycles. The van der Waals surface area contributed by atoms with E-state index in [1.165, 1.54) is 6.42 Å². The van der Waals surface area contributed by atoms with Crippen LogP contribution in [0.3, 0.4) is 0 Å². The average Bonchev–Trinajstić information content (AvgIpc) is 2.65. The van der Waals surface area contributed by atoms with Crippen LogP contribution < -0.4 is 0 Å². The highest BCUT2D eigenvalue weighted by atomic mass is 16.3. The third-order valence-corrected chi connectivity index (χ3v) is 3.60. The summed E-state index contributed by atoms with van der Waals surface area (Å²) in [6, 6.07) is 0.218. The van der Waals surface area contributed by atoms with E-state index >= 15 is 0 Å². The molecular formula is C12H19NO2. The van der Waals surface area contributed by atoms with Gasteiger partial charge in [-0.2, -0.15) is 0 Å². The maximum absolute atomic E-state index is 11.2. The predicted molar refractivity (Wildman–Crippen MR) is 58.3 cm³/mol. The number of likely N-dealkylation sites (N-methyl/N-ethyl adjacent to an activating group) is 1. The molecule has 0 spiro atoms. The Balaban J connectivity index is 2.03. The minimum atomic E-state index is -0.222. The van der Waals surface area contributed by atoms with Gasteiger partial charge in [0.05, 0.1) is 12.1 Å². The Labute approximate surface area is 90.8 Å². The molecule has 0 aromatic heterocycles. The Hall–Kier alpha value is -0.830. The molecule has 0 radical (unpaired) electrons. The molecule has 15 heavy (non-hydrogen) atoms. The van der Waals surface area contributed by atoms with E-state index in [4.69, 9.17) is 0 Å². The molecule has 0 saturated heterocycles. The monoisotopic (exact) mass is 209 g/mol. The van der Waals surface area contributed by atoms with Crippen LogP contribution in [-0.4, -0.2) is 35.0 Å². The number of hydrogen-bond acceptors (Lipinski definition) is 3.